The van der Waals surface area contributed by atoms with Gasteiger partial charge in [0.1, 0.15) is 0 Å². The molecular weight excluding hydrogens is 553 g/mol. The molecule has 3 aromatic rings. The molecule has 2 fully saturated rings. The highest BCUT2D eigenvalue weighted by atomic mass is 35.5. The molecule has 2 saturated heterocycles. The number of rotatable bonds is 10. The van der Waals surface area contributed by atoms with E-state index in [2.05, 4.69) is 35.2 Å². The summed E-state index contributed by atoms with van der Waals surface area (Å²) in [4.78, 5) is 32.9. The van der Waals surface area contributed by atoms with Crippen LogP contribution in [0.25, 0.3) is 0 Å². The maximum atomic E-state index is 14.0. The Kier molecular flexibility index (Phi) is 10.4. The molecule has 2 aliphatic heterocycles. The molecule has 2 aliphatic rings. The number of anilines is 1. The van der Waals surface area contributed by atoms with Crippen molar-refractivity contribution in [3.05, 3.63) is 100 Å². The molecule has 7 heteroatoms. The van der Waals surface area contributed by atoms with E-state index in [4.69, 9.17) is 23.2 Å². The highest BCUT2D eigenvalue weighted by Crippen LogP contribution is 2.30. The highest BCUT2D eigenvalue weighted by Gasteiger charge is 2.33. The van der Waals surface area contributed by atoms with E-state index in [-0.39, 0.29) is 17.7 Å². The first kappa shape index (κ1) is 29.6. The molecule has 1 unspecified atom stereocenters. The summed E-state index contributed by atoms with van der Waals surface area (Å²) in [5, 5.41) is 0.908. The van der Waals surface area contributed by atoms with Crippen LogP contribution >= 0.6 is 23.2 Å². The van der Waals surface area contributed by atoms with Gasteiger partial charge in [0.05, 0.1) is 16.0 Å². The normalized spacial score (nSPS) is 18.4. The van der Waals surface area contributed by atoms with Crippen molar-refractivity contribution in [1.29, 1.82) is 0 Å². The van der Waals surface area contributed by atoms with Gasteiger partial charge >= 0.3 is 0 Å². The number of carbonyl (C=O) groups excluding carboxylic acids is 2. The molecule has 0 aromatic heterocycles. The summed E-state index contributed by atoms with van der Waals surface area (Å²) in [5.41, 5.74) is 3.26. The summed E-state index contributed by atoms with van der Waals surface area (Å²) in [6, 6.07) is 26.1. The van der Waals surface area contributed by atoms with Crippen molar-refractivity contribution in [3.8, 4) is 0 Å². The van der Waals surface area contributed by atoms with Crippen LogP contribution in [0, 0.1) is 11.8 Å². The Morgan fingerprint density at radius 2 is 1.54 bits per heavy atom. The minimum absolute atomic E-state index is 0.0514. The third-order valence-corrected chi connectivity index (χ3v) is 9.22. The van der Waals surface area contributed by atoms with Gasteiger partial charge in [-0.1, -0.05) is 83.9 Å². The van der Waals surface area contributed by atoms with Crippen LogP contribution in [0.5, 0.6) is 0 Å². The lowest BCUT2D eigenvalue weighted by Gasteiger charge is -2.36. The van der Waals surface area contributed by atoms with E-state index >= 15 is 0 Å². The number of carbonyl (C=O) groups is 2. The van der Waals surface area contributed by atoms with E-state index in [1.54, 1.807) is 12.1 Å². The minimum atomic E-state index is -0.250. The lowest BCUT2D eigenvalue weighted by Crippen LogP contribution is -2.47. The Morgan fingerprint density at radius 1 is 0.854 bits per heavy atom. The second-order valence-electron chi connectivity index (χ2n) is 11.4. The van der Waals surface area contributed by atoms with Crippen LogP contribution in [-0.4, -0.2) is 54.3 Å². The first-order chi connectivity index (χ1) is 20.0. The summed E-state index contributed by atoms with van der Waals surface area (Å²) in [6.07, 6.45) is 5.38. The summed E-state index contributed by atoms with van der Waals surface area (Å²) in [7, 11) is 0. The molecule has 3 aromatic carbocycles. The number of piperidine rings is 2. The third-order valence-electron chi connectivity index (χ3n) is 8.48. The monoisotopic (exact) mass is 591 g/mol. The van der Waals surface area contributed by atoms with Crippen LogP contribution < -0.4 is 4.90 Å². The summed E-state index contributed by atoms with van der Waals surface area (Å²) < 4.78 is 0. The van der Waals surface area contributed by atoms with Gasteiger partial charge in [0, 0.05) is 31.7 Å². The number of likely N-dealkylation sites (tertiary alicyclic amines) is 2. The van der Waals surface area contributed by atoms with E-state index in [1.807, 2.05) is 46.2 Å². The number of nitrogens with zero attached hydrogens (tertiary/aromatic N) is 3. The maximum Gasteiger partial charge on any atom is 0.231 e. The Hall–Kier alpha value is -2.86. The molecule has 0 N–H and O–H groups in total. The second kappa shape index (κ2) is 14.4. The summed E-state index contributed by atoms with van der Waals surface area (Å²) >= 11 is 12.6. The highest BCUT2D eigenvalue weighted by molar-refractivity contribution is 6.42. The van der Waals surface area contributed by atoms with Crippen molar-refractivity contribution >= 4 is 40.7 Å². The standard InChI is InChI=1S/C34H39Cl2N3O2/c35-31-14-13-30(23-32(31)36)39(19-7-18-37-20-16-27(17-21-37)22-26-8-3-1-4-9-26)34(41)29-12-15-33(40)38(25-29)24-28-10-5-2-6-11-28/h1-6,8-11,13-14,23,27,29H,7,12,15-22,24-25H2. The zero-order chi connectivity index (χ0) is 28.6. The fourth-order valence-electron chi connectivity index (χ4n) is 6.13. The summed E-state index contributed by atoms with van der Waals surface area (Å²) in [6.45, 7) is 4.70. The molecule has 2 amide bonds. The van der Waals surface area contributed by atoms with Crippen LogP contribution in [0.15, 0.2) is 78.9 Å². The Labute approximate surface area is 254 Å². The largest absolute Gasteiger partial charge is 0.338 e. The predicted molar refractivity (Wildman–Crippen MR) is 167 cm³/mol. The van der Waals surface area contributed by atoms with E-state index < -0.39 is 0 Å². The molecule has 2 heterocycles. The molecule has 0 radical (unpaired) electrons. The van der Waals surface area contributed by atoms with Crippen LogP contribution in [0.2, 0.25) is 10.0 Å². The van der Waals surface area contributed by atoms with Crippen LogP contribution in [0.4, 0.5) is 5.69 Å². The first-order valence-electron chi connectivity index (χ1n) is 14.8. The topological polar surface area (TPSA) is 43.9 Å². The van der Waals surface area contributed by atoms with Gasteiger partial charge in [0.25, 0.3) is 0 Å². The van der Waals surface area contributed by atoms with Gasteiger partial charge in [-0.05, 0) is 87.0 Å². The number of amides is 2. The lowest BCUT2D eigenvalue weighted by atomic mass is 9.90. The van der Waals surface area contributed by atoms with Gasteiger partial charge in [-0.25, -0.2) is 0 Å². The van der Waals surface area contributed by atoms with E-state index in [0.717, 1.165) is 49.6 Å². The average Bonchev–Trinajstić information content (AvgIpc) is 2.99. The number of hydrogen-bond acceptors (Lipinski definition) is 3. The second-order valence-corrected chi connectivity index (χ2v) is 12.2. The van der Waals surface area contributed by atoms with Crippen molar-refractivity contribution in [2.75, 3.05) is 37.6 Å². The molecule has 5 nitrogen and oxygen atoms in total. The molecule has 216 valence electrons. The van der Waals surface area contributed by atoms with Gasteiger partial charge in [-0.2, -0.15) is 0 Å². The number of halogens is 2. The van der Waals surface area contributed by atoms with Gasteiger partial charge in [0.15, 0.2) is 0 Å². The molecule has 0 aliphatic carbocycles. The van der Waals surface area contributed by atoms with Crippen molar-refractivity contribution in [2.45, 2.75) is 45.1 Å². The third kappa shape index (κ3) is 8.12. The molecule has 0 bridgehead atoms. The molecular formula is C34H39Cl2N3O2. The quantitative estimate of drug-likeness (QED) is 0.252. The van der Waals surface area contributed by atoms with Crippen LogP contribution in [0.3, 0.4) is 0 Å². The Bertz CT molecular complexity index is 1300. The fourth-order valence-corrected chi connectivity index (χ4v) is 6.42. The van der Waals surface area contributed by atoms with Gasteiger partial charge < -0.3 is 14.7 Å². The van der Waals surface area contributed by atoms with E-state index in [0.29, 0.717) is 42.5 Å². The smallest absolute Gasteiger partial charge is 0.231 e. The van der Waals surface area contributed by atoms with Crippen molar-refractivity contribution in [3.63, 3.8) is 0 Å². The zero-order valence-corrected chi connectivity index (χ0v) is 25.1. The zero-order valence-electron chi connectivity index (χ0n) is 23.6. The number of benzene rings is 3. The molecule has 5 rings (SSSR count). The maximum absolute atomic E-state index is 14.0. The van der Waals surface area contributed by atoms with Crippen molar-refractivity contribution in [1.82, 2.24) is 9.80 Å². The van der Waals surface area contributed by atoms with Gasteiger partial charge in [-0.3, -0.25) is 9.59 Å². The fraction of sp³-hybridized carbons (Fsp3) is 0.412. The molecule has 0 spiro atoms. The molecule has 0 saturated carbocycles. The summed E-state index contributed by atoms with van der Waals surface area (Å²) in [5.74, 6) is 0.639. The lowest BCUT2D eigenvalue weighted by molar-refractivity contribution is -0.138. The van der Waals surface area contributed by atoms with Gasteiger partial charge in [-0.15, -0.1) is 0 Å². The Balaban J connectivity index is 1.19. The SMILES string of the molecule is O=C1CCC(C(=O)N(CCCN2CCC(Cc3ccccc3)CC2)c2ccc(Cl)c(Cl)c2)CN1Cc1ccccc1. The van der Waals surface area contributed by atoms with Crippen LogP contribution in [-0.2, 0) is 22.6 Å². The van der Waals surface area contributed by atoms with E-state index in [9.17, 15) is 9.59 Å². The van der Waals surface area contributed by atoms with Crippen molar-refractivity contribution in [2.24, 2.45) is 11.8 Å². The van der Waals surface area contributed by atoms with Crippen LogP contribution in [0.1, 0.15) is 43.2 Å². The average molecular weight is 593 g/mol. The minimum Gasteiger partial charge on any atom is -0.338 e. The predicted octanol–water partition coefficient (Wildman–Crippen LogP) is 7.11. The van der Waals surface area contributed by atoms with Gasteiger partial charge in [0.2, 0.25) is 11.8 Å². The molecule has 1 atom stereocenters. The van der Waals surface area contributed by atoms with Crippen molar-refractivity contribution < 1.29 is 9.59 Å². The number of hydrogen-bond donors (Lipinski definition) is 0. The first-order valence-corrected chi connectivity index (χ1v) is 15.6. The van der Waals surface area contributed by atoms with E-state index in [1.165, 1.54) is 18.4 Å². The Morgan fingerprint density at radius 3 is 2.22 bits per heavy atom. The molecule has 41 heavy (non-hydrogen) atoms.